The lowest BCUT2D eigenvalue weighted by atomic mass is 9.84. The number of ketones is 1. The highest BCUT2D eigenvalue weighted by molar-refractivity contribution is 8.07. The van der Waals surface area contributed by atoms with E-state index in [1.165, 1.54) is 30.8 Å². The summed E-state index contributed by atoms with van der Waals surface area (Å²) in [6, 6.07) is 0. The molecule has 16 heavy (non-hydrogen) atoms. The number of rotatable bonds is 3. The van der Waals surface area contributed by atoms with Gasteiger partial charge in [-0.3, -0.25) is 4.79 Å². The molecule has 92 valence electrons. The Hall–Kier alpha value is 0.370. The first kappa shape index (κ1) is 12.8. The molecule has 2 unspecified atom stereocenters. The summed E-state index contributed by atoms with van der Waals surface area (Å²) in [5.74, 6) is 3.39. The average Bonchev–Trinajstić information content (AvgIpc) is 2.39. The van der Waals surface area contributed by atoms with E-state index in [-0.39, 0.29) is 0 Å². The van der Waals surface area contributed by atoms with Gasteiger partial charge in [0.05, 0.1) is 5.25 Å². The van der Waals surface area contributed by atoms with Gasteiger partial charge in [-0.1, -0.05) is 26.2 Å². The van der Waals surface area contributed by atoms with Crippen LogP contribution < -0.4 is 0 Å². The van der Waals surface area contributed by atoms with Gasteiger partial charge in [0.25, 0.3) is 0 Å². The van der Waals surface area contributed by atoms with Gasteiger partial charge in [0.2, 0.25) is 0 Å². The van der Waals surface area contributed by atoms with Crippen LogP contribution in [0.4, 0.5) is 0 Å². The van der Waals surface area contributed by atoms with E-state index in [0.717, 1.165) is 19.3 Å². The van der Waals surface area contributed by atoms with Crippen molar-refractivity contribution >= 4 is 29.3 Å². The molecule has 1 saturated carbocycles. The zero-order chi connectivity index (χ0) is 11.4. The van der Waals surface area contributed by atoms with E-state index in [2.05, 4.69) is 6.92 Å². The summed E-state index contributed by atoms with van der Waals surface area (Å²) in [5, 5.41) is 0.903. The van der Waals surface area contributed by atoms with E-state index in [0.29, 0.717) is 22.2 Å². The van der Waals surface area contributed by atoms with E-state index in [9.17, 15) is 4.79 Å². The highest BCUT2D eigenvalue weighted by Crippen LogP contribution is 2.37. The third-order valence-corrected chi connectivity index (χ3v) is 7.00. The van der Waals surface area contributed by atoms with Crippen LogP contribution in [0, 0.1) is 5.92 Å². The lowest BCUT2D eigenvalue weighted by molar-refractivity contribution is -0.123. The highest BCUT2D eigenvalue weighted by Gasteiger charge is 2.35. The lowest BCUT2D eigenvalue weighted by Gasteiger charge is -2.32. The van der Waals surface area contributed by atoms with Crippen molar-refractivity contribution in [2.75, 3.05) is 11.5 Å². The molecule has 0 bridgehead atoms. The van der Waals surface area contributed by atoms with Crippen molar-refractivity contribution in [3.8, 4) is 0 Å². The van der Waals surface area contributed by atoms with Crippen molar-refractivity contribution in [3.63, 3.8) is 0 Å². The minimum Gasteiger partial charge on any atom is -0.298 e. The zero-order valence-electron chi connectivity index (χ0n) is 10.1. The molecule has 1 nitrogen and oxygen atoms in total. The van der Waals surface area contributed by atoms with Crippen LogP contribution in [0.5, 0.6) is 0 Å². The predicted molar refractivity (Wildman–Crippen MR) is 74.4 cm³/mol. The fraction of sp³-hybridized carbons (Fsp3) is 0.923. The average molecular weight is 258 g/mol. The van der Waals surface area contributed by atoms with Gasteiger partial charge in [0.15, 0.2) is 0 Å². The van der Waals surface area contributed by atoms with Crippen LogP contribution >= 0.6 is 23.5 Å². The smallest absolute Gasteiger partial charge is 0.150 e. The first-order valence-electron chi connectivity index (χ1n) is 6.60. The first-order valence-corrected chi connectivity index (χ1v) is 8.69. The largest absolute Gasteiger partial charge is 0.298 e. The van der Waals surface area contributed by atoms with Crippen LogP contribution in [-0.2, 0) is 4.79 Å². The van der Waals surface area contributed by atoms with Crippen LogP contribution in [0.2, 0.25) is 0 Å². The van der Waals surface area contributed by atoms with Crippen molar-refractivity contribution in [3.05, 3.63) is 0 Å². The summed E-state index contributed by atoms with van der Waals surface area (Å²) in [7, 11) is 0. The van der Waals surface area contributed by atoms with Gasteiger partial charge in [0.1, 0.15) is 5.78 Å². The van der Waals surface area contributed by atoms with Gasteiger partial charge in [-0.25, -0.2) is 0 Å². The monoisotopic (exact) mass is 258 g/mol. The number of hydrogen-bond acceptors (Lipinski definition) is 3. The molecular weight excluding hydrogens is 236 g/mol. The summed E-state index contributed by atoms with van der Waals surface area (Å²) in [6.07, 6.45) is 7.37. The molecule has 2 rings (SSSR count). The second kappa shape index (κ2) is 6.34. The Morgan fingerprint density at radius 3 is 2.50 bits per heavy atom. The maximum atomic E-state index is 12.5. The molecule has 1 saturated heterocycles. The maximum Gasteiger partial charge on any atom is 0.150 e. The SMILES string of the molecule is CCC1SCCSC1C(=O)C1CCCCC1. The van der Waals surface area contributed by atoms with E-state index >= 15 is 0 Å². The van der Waals surface area contributed by atoms with Crippen molar-refractivity contribution in [2.24, 2.45) is 5.92 Å². The number of thioether (sulfide) groups is 2. The molecule has 0 aromatic carbocycles. The van der Waals surface area contributed by atoms with Crippen LogP contribution in [0.1, 0.15) is 45.4 Å². The van der Waals surface area contributed by atoms with Gasteiger partial charge in [-0.15, -0.1) is 11.8 Å². The number of Topliss-reactive ketones (excluding diaryl/α,β-unsaturated/α-hetero) is 1. The van der Waals surface area contributed by atoms with E-state index < -0.39 is 0 Å². The third-order valence-electron chi connectivity index (χ3n) is 3.74. The summed E-state index contributed by atoms with van der Waals surface area (Å²) in [4.78, 5) is 12.5. The Kier molecular flexibility index (Phi) is 5.08. The summed E-state index contributed by atoms with van der Waals surface area (Å²) in [6.45, 7) is 2.23. The van der Waals surface area contributed by atoms with Gasteiger partial charge >= 0.3 is 0 Å². The van der Waals surface area contributed by atoms with E-state index in [1.807, 2.05) is 23.5 Å². The summed E-state index contributed by atoms with van der Waals surface area (Å²) >= 11 is 3.95. The van der Waals surface area contributed by atoms with Crippen LogP contribution in [0.15, 0.2) is 0 Å². The predicted octanol–water partition coefficient (Wildman–Crippen LogP) is 3.76. The summed E-state index contributed by atoms with van der Waals surface area (Å²) in [5.41, 5.74) is 0. The number of hydrogen-bond donors (Lipinski definition) is 0. The highest BCUT2D eigenvalue weighted by atomic mass is 32.2. The molecule has 0 spiro atoms. The number of carbonyl (C=O) groups excluding carboxylic acids is 1. The molecule has 0 radical (unpaired) electrons. The Morgan fingerprint density at radius 1 is 1.12 bits per heavy atom. The van der Waals surface area contributed by atoms with Crippen molar-refractivity contribution < 1.29 is 4.79 Å². The Morgan fingerprint density at radius 2 is 1.81 bits per heavy atom. The van der Waals surface area contributed by atoms with Gasteiger partial charge in [0, 0.05) is 22.7 Å². The Balaban J connectivity index is 1.95. The Labute approximate surface area is 108 Å². The fourth-order valence-corrected chi connectivity index (χ4v) is 5.89. The Bertz CT molecular complexity index is 236. The summed E-state index contributed by atoms with van der Waals surface area (Å²) < 4.78 is 0. The minimum absolute atomic E-state index is 0.312. The van der Waals surface area contributed by atoms with Crippen LogP contribution in [0.25, 0.3) is 0 Å². The molecule has 1 aliphatic heterocycles. The third kappa shape index (κ3) is 2.98. The van der Waals surface area contributed by atoms with E-state index in [4.69, 9.17) is 0 Å². The molecule has 0 aromatic heterocycles. The number of carbonyl (C=O) groups is 1. The topological polar surface area (TPSA) is 17.1 Å². The van der Waals surface area contributed by atoms with Gasteiger partial charge in [-0.2, -0.15) is 11.8 Å². The van der Waals surface area contributed by atoms with Gasteiger partial charge in [-0.05, 0) is 19.3 Å². The first-order chi connectivity index (χ1) is 7.83. The molecule has 3 heteroatoms. The zero-order valence-corrected chi connectivity index (χ0v) is 11.7. The molecule has 0 aromatic rings. The molecule has 2 atom stereocenters. The van der Waals surface area contributed by atoms with Crippen LogP contribution in [-0.4, -0.2) is 27.8 Å². The normalized spacial score (nSPS) is 32.6. The molecule has 1 aliphatic carbocycles. The lowest BCUT2D eigenvalue weighted by Crippen LogP contribution is -2.37. The quantitative estimate of drug-likeness (QED) is 0.767. The van der Waals surface area contributed by atoms with Crippen LogP contribution in [0.3, 0.4) is 0 Å². The molecule has 2 fully saturated rings. The van der Waals surface area contributed by atoms with Crippen molar-refractivity contribution in [1.82, 2.24) is 0 Å². The standard InChI is InChI=1S/C13H22OS2/c1-2-11-13(16-9-8-15-11)12(14)10-6-4-3-5-7-10/h10-11,13H,2-9H2,1H3. The molecule has 2 aliphatic rings. The van der Waals surface area contributed by atoms with Crippen molar-refractivity contribution in [2.45, 2.75) is 55.9 Å². The fourth-order valence-electron chi connectivity index (χ4n) is 2.79. The maximum absolute atomic E-state index is 12.5. The van der Waals surface area contributed by atoms with E-state index in [1.54, 1.807) is 0 Å². The molecule has 1 heterocycles. The molecule has 0 N–H and O–H groups in total. The molecular formula is C13H22OS2. The molecule has 0 amide bonds. The van der Waals surface area contributed by atoms with Crippen molar-refractivity contribution in [1.29, 1.82) is 0 Å². The second-order valence-corrected chi connectivity index (χ2v) is 7.44. The minimum atomic E-state index is 0.312. The second-order valence-electron chi connectivity index (χ2n) is 4.85. The van der Waals surface area contributed by atoms with Gasteiger partial charge < -0.3 is 0 Å².